The van der Waals surface area contributed by atoms with Gasteiger partial charge in [0.1, 0.15) is 12.4 Å². The van der Waals surface area contributed by atoms with E-state index < -0.39 is 0 Å². The van der Waals surface area contributed by atoms with Crippen LogP contribution >= 0.6 is 11.6 Å². The van der Waals surface area contributed by atoms with Crippen molar-refractivity contribution in [3.63, 3.8) is 0 Å². The minimum atomic E-state index is -0.0509. The summed E-state index contributed by atoms with van der Waals surface area (Å²) in [5, 5.41) is 0.694. The number of hydrogen-bond acceptors (Lipinski definition) is 3. The van der Waals surface area contributed by atoms with Crippen LogP contribution in [0, 0.1) is 13.8 Å². The lowest BCUT2D eigenvalue weighted by Gasteiger charge is -2.18. The summed E-state index contributed by atoms with van der Waals surface area (Å²) in [6.07, 6.45) is 0. The summed E-state index contributed by atoms with van der Waals surface area (Å²) in [5.74, 6) is 6.41. The molecule has 106 valence electrons. The maximum absolute atomic E-state index is 5.84. The van der Waals surface area contributed by atoms with E-state index >= 15 is 0 Å². The predicted molar refractivity (Wildman–Crippen MR) is 82.9 cm³/mol. The Morgan fingerprint density at radius 2 is 1.80 bits per heavy atom. The third kappa shape index (κ3) is 3.73. The topological polar surface area (TPSA) is 47.3 Å². The van der Waals surface area contributed by atoms with Crippen molar-refractivity contribution in [2.24, 2.45) is 5.84 Å². The van der Waals surface area contributed by atoms with Gasteiger partial charge in [-0.1, -0.05) is 29.8 Å². The molecular weight excluding hydrogens is 272 g/mol. The number of rotatable bonds is 5. The second-order valence-corrected chi connectivity index (χ2v) is 5.26. The summed E-state index contributed by atoms with van der Waals surface area (Å²) < 4.78 is 5.74. The van der Waals surface area contributed by atoms with Gasteiger partial charge in [0.05, 0.1) is 6.04 Å². The molecule has 3 nitrogen and oxygen atoms in total. The first kappa shape index (κ1) is 14.9. The smallest absolute Gasteiger partial charge is 0.119 e. The quantitative estimate of drug-likeness (QED) is 0.654. The Hall–Kier alpha value is -1.55. The van der Waals surface area contributed by atoms with E-state index in [0.717, 1.165) is 11.3 Å². The molecule has 0 spiro atoms. The number of benzene rings is 2. The van der Waals surface area contributed by atoms with Crippen molar-refractivity contribution < 1.29 is 4.74 Å². The minimum Gasteiger partial charge on any atom is -0.492 e. The number of nitrogens with one attached hydrogen (secondary N) is 1. The second-order valence-electron chi connectivity index (χ2n) is 4.83. The van der Waals surface area contributed by atoms with Crippen LogP contribution in [0.5, 0.6) is 5.75 Å². The van der Waals surface area contributed by atoms with Crippen LogP contribution in [0.15, 0.2) is 42.5 Å². The minimum absolute atomic E-state index is 0.0509. The van der Waals surface area contributed by atoms with E-state index in [-0.39, 0.29) is 6.04 Å². The van der Waals surface area contributed by atoms with Crippen LogP contribution < -0.4 is 16.0 Å². The van der Waals surface area contributed by atoms with E-state index in [4.69, 9.17) is 22.2 Å². The average Bonchev–Trinajstić information content (AvgIpc) is 2.45. The van der Waals surface area contributed by atoms with E-state index in [0.29, 0.717) is 11.6 Å². The number of halogens is 1. The molecule has 2 aromatic rings. The number of nitrogens with two attached hydrogens (primary N) is 1. The third-order valence-electron chi connectivity index (χ3n) is 3.36. The zero-order valence-corrected chi connectivity index (χ0v) is 12.4. The van der Waals surface area contributed by atoms with Gasteiger partial charge in [0.15, 0.2) is 0 Å². The molecule has 0 aliphatic heterocycles. The van der Waals surface area contributed by atoms with Crippen molar-refractivity contribution in [3.8, 4) is 5.75 Å². The SMILES string of the molecule is Cc1ccc(C(COc2ccc(Cl)cc2)NN)cc1C. The van der Waals surface area contributed by atoms with E-state index in [2.05, 4.69) is 37.5 Å². The Labute approximate surface area is 124 Å². The van der Waals surface area contributed by atoms with Gasteiger partial charge in [0.2, 0.25) is 0 Å². The molecule has 1 unspecified atom stereocenters. The maximum atomic E-state index is 5.84. The molecule has 2 aromatic carbocycles. The lowest BCUT2D eigenvalue weighted by molar-refractivity contribution is 0.267. The molecule has 2 rings (SSSR count). The fourth-order valence-electron chi connectivity index (χ4n) is 1.93. The molecule has 0 amide bonds. The number of aryl methyl sites for hydroxylation is 2. The summed E-state index contributed by atoms with van der Waals surface area (Å²) >= 11 is 5.84. The van der Waals surface area contributed by atoms with Gasteiger partial charge in [-0.2, -0.15) is 0 Å². The predicted octanol–water partition coefficient (Wildman–Crippen LogP) is 3.54. The van der Waals surface area contributed by atoms with Gasteiger partial charge < -0.3 is 4.74 Å². The molecule has 1 atom stereocenters. The summed E-state index contributed by atoms with van der Waals surface area (Å²) in [4.78, 5) is 0. The van der Waals surface area contributed by atoms with E-state index in [9.17, 15) is 0 Å². The molecule has 3 N–H and O–H groups in total. The van der Waals surface area contributed by atoms with Crippen molar-refractivity contribution in [1.29, 1.82) is 0 Å². The molecule has 0 saturated carbocycles. The van der Waals surface area contributed by atoms with Crippen molar-refractivity contribution in [3.05, 3.63) is 64.2 Å². The van der Waals surface area contributed by atoms with Gasteiger partial charge in [-0.05, 0) is 54.8 Å². The van der Waals surface area contributed by atoms with Gasteiger partial charge in [-0.15, -0.1) is 0 Å². The summed E-state index contributed by atoms with van der Waals surface area (Å²) in [6, 6.07) is 13.5. The van der Waals surface area contributed by atoms with E-state index in [1.165, 1.54) is 11.1 Å². The fraction of sp³-hybridized carbons (Fsp3) is 0.250. The van der Waals surface area contributed by atoms with Crippen LogP contribution in [-0.4, -0.2) is 6.61 Å². The van der Waals surface area contributed by atoms with Crippen molar-refractivity contribution in [2.45, 2.75) is 19.9 Å². The lowest BCUT2D eigenvalue weighted by atomic mass is 10.0. The lowest BCUT2D eigenvalue weighted by Crippen LogP contribution is -2.32. The molecule has 0 fully saturated rings. The average molecular weight is 291 g/mol. The third-order valence-corrected chi connectivity index (χ3v) is 3.62. The zero-order chi connectivity index (χ0) is 14.5. The Kier molecular flexibility index (Phi) is 5.01. The van der Waals surface area contributed by atoms with Crippen molar-refractivity contribution >= 4 is 11.6 Å². The van der Waals surface area contributed by atoms with Crippen LogP contribution in [0.25, 0.3) is 0 Å². The molecule has 20 heavy (non-hydrogen) atoms. The highest BCUT2D eigenvalue weighted by Gasteiger charge is 2.11. The van der Waals surface area contributed by atoms with Gasteiger partial charge in [0, 0.05) is 5.02 Å². The number of hydrazine groups is 1. The maximum Gasteiger partial charge on any atom is 0.119 e. The standard InChI is InChI=1S/C16H19ClN2O/c1-11-3-4-13(9-12(11)2)16(19-18)10-20-15-7-5-14(17)6-8-15/h3-9,16,19H,10,18H2,1-2H3. The first-order valence-corrected chi connectivity index (χ1v) is 6.89. The number of hydrogen-bond donors (Lipinski definition) is 2. The van der Waals surface area contributed by atoms with Gasteiger partial charge in [0.25, 0.3) is 0 Å². The molecule has 0 aliphatic rings. The van der Waals surface area contributed by atoms with Crippen LogP contribution in [0.2, 0.25) is 5.02 Å². The molecule has 0 saturated heterocycles. The summed E-state index contributed by atoms with van der Waals surface area (Å²) in [7, 11) is 0. The van der Waals surface area contributed by atoms with Crippen LogP contribution in [-0.2, 0) is 0 Å². The highest BCUT2D eigenvalue weighted by atomic mass is 35.5. The second kappa shape index (κ2) is 6.75. The fourth-order valence-corrected chi connectivity index (χ4v) is 2.06. The van der Waals surface area contributed by atoms with Crippen LogP contribution in [0.3, 0.4) is 0 Å². The van der Waals surface area contributed by atoms with E-state index in [1.807, 2.05) is 12.1 Å². The first-order chi connectivity index (χ1) is 9.60. The van der Waals surface area contributed by atoms with Crippen molar-refractivity contribution in [1.82, 2.24) is 5.43 Å². The largest absolute Gasteiger partial charge is 0.492 e. The number of ether oxygens (including phenoxy) is 1. The first-order valence-electron chi connectivity index (χ1n) is 6.52. The molecule has 0 aromatic heterocycles. The summed E-state index contributed by atoms with van der Waals surface area (Å²) in [6.45, 7) is 4.64. The van der Waals surface area contributed by atoms with E-state index in [1.54, 1.807) is 12.1 Å². The normalized spacial score (nSPS) is 12.2. The zero-order valence-electron chi connectivity index (χ0n) is 11.7. The molecule has 0 bridgehead atoms. The molecule has 0 heterocycles. The molecule has 0 aliphatic carbocycles. The Bertz CT molecular complexity index is 569. The van der Waals surface area contributed by atoms with Gasteiger partial charge >= 0.3 is 0 Å². The molecule has 0 radical (unpaired) electrons. The van der Waals surface area contributed by atoms with Crippen molar-refractivity contribution in [2.75, 3.05) is 6.61 Å². The highest BCUT2D eigenvalue weighted by Crippen LogP contribution is 2.20. The van der Waals surface area contributed by atoms with Crippen LogP contribution in [0.1, 0.15) is 22.7 Å². The Morgan fingerprint density at radius 1 is 1.10 bits per heavy atom. The molecule has 4 heteroatoms. The monoisotopic (exact) mass is 290 g/mol. The summed E-state index contributed by atoms with van der Waals surface area (Å²) in [5.41, 5.74) is 6.42. The van der Waals surface area contributed by atoms with Crippen LogP contribution in [0.4, 0.5) is 0 Å². The Morgan fingerprint density at radius 3 is 2.40 bits per heavy atom. The van der Waals surface area contributed by atoms with Gasteiger partial charge in [-0.3, -0.25) is 5.84 Å². The van der Waals surface area contributed by atoms with Gasteiger partial charge in [-0.25, -0.2) is 5.43 Å². The Balaban J connectivity index is 2.05. The molecular formula is C16H19ClN2O. The highest BCUT2D eigenvalue weighted by molar-refractivity contribution is 6.30.